The number of nitrogens with zero attached hydrogens (tertiary/aromatic N) is 1. The fourth-order valence-corrected chi connectivity index (χ4v) is 2.32. The van der Waals surface area contributed by atoms with Crippen LogP contribution < -0.4 is 5.32 Å². The first-order valence-corrected chi connectivity index (χ1v) is 7.91. The Morgan fingerprint density at radius 1 is 1.35 bits per heavy atom. The van der Waals surface area contributed by atoms with Crippen LogP contribution in [0.2, 0.25) is 0 Å². The smallest absolute Gasteiger partial charge is 0.410 e. The van der Waals surface area contributed by atoms with Gasteiger partial charge in [-0.25, -0.2) is 4.79 Å². The van der Waals surface area contributed by atoms with Gasteiger partial charge in [-0.3, -0.25) is 0 Å². The highest BCUT2D eigenvalue weighted by atomic mass is 16.6. The van der Waals surface area contributed by atoms with Crippen molar-refractivity contribution in [1.82, 2.24) is 10.2 Å². The number of hydrogen-bond acceptors (Lipinski definition) is 3. The highest BCUT2D eigenvalue weighted by Gasteiger charge is 2.31. The summed E-state index contributed by atoms with van der Waals surface area (Å²) in [5.41, 5.74) is -0.413. The summed E-state index contributed by atoms with van der Waals surface area (Å²) in [6.07, 6.45) is 1.98. The van der Waals surface area contributed by atoms with Gasteiger partial charge in [-0.2, -0.15) is 0 Å². The fourth-order valence-electron chi connectivity index (χ4n) is 2.32. The highest BCUT2D eigenvalue weighted by Crippen LogP contribution is 2.20. The Kier molecular flexibility index (Phi) is 6.31. The Balaban J connectivity index is 2.39. The van der Waals surface area contributed by atoms with Crippen molar-refractivity contribution >= 4 is 6.09 Å². The van der Waals surface area contributed by atoms with Crippen molar-refractivity contribution < 1.29 is 9.53 Å². The molecule has 4 nitrogen and oxygen atoms in total. The molecule has 1 aliphatic rings. The van der Waals surface area contributed by atoms with Gasteiger partial charge in [-0.15, -0.1) is 0 Å². The maximum Gasteiger partial charge on any atom is 0.410 e. The van der Waals surface area contributed by atoms with Gasteiger partial charge in [0.15, 0.2) is 0 Å². The lowest BCUT2D eigenvalue weighted by molar-refractivity contribution is 0.0226. The number of amides is 1. The van der Waals surface area contributed by atoms with Crippen LogP contribution in [-0.2, 0) is 4.74 Å². The number of likely N-dealkylation sites (tertiary alicyclic amines) is 1. The van der Waals surface area contributed by atoms with Crippen LogP contribution in [0.1, 0.15) is 54.4 Å². The molecule has 0 aliphatic carbocycles. The van der Waals surface area contributed by atoms with Crippen molar-refractivity contribution in [3.63, 3.8) is 0 Å². The lowest BCUT2D eigenvalue weighted by Gasteiger charge is -2.29. The summed E-state index contributed by atoms with van der Waals surface area (Å²) < 4.78 is 5.48. The molecule has 1 saturated heterocycles. The van der Waals surface area contributed by atoms with Crippen LogP contribution in [0.15, 0.2) is 0 Å². The van der Waals surface area contributed by atoms with Gasteiger partial charge in [0.25, 0.3) is 0 Å². The van der Waals surface area contributed by atoms with Gasteiger partial charge in [-0.1, -0.05) is 20.8 Å². The number of carbonyl (C=O) groups excluding carboxylic acids is 1. The van der Waals surface area contributed by atoms with E-state index in [9.17, 15) is 4.79 Å². The van der Waals surface area contributed by atoms with E-state index < -0.39 is 5.60 Å². The summed E-state index contributed by atoms with van der Waals surface area (Å²) in [4.78, 5) is 14.0. The van der Waals surface area contributed by atoms with Crippen LogP contribution in [-0.4, -0.2) is 42.3 Å². The van der Waals surface area contributed by atoms with Gasteiger partial charge in [0.1, 0.15) is 5.60 Å². The molecule has 20 heavy (non-hydrogen) atoms. The molecule has 1 heterocycles. The Labute approximate surface area is 124 Å². The second-order valence-electron chi connectivity index (χ2n) is 7.35. The predicted octanol–water partition coefficient (Wildman–Crippen LogP) is 3.27. The van der Waals surface area contributed by atoms with E-state index in [1.165, 1.54) is 0 Å². The van der Waals surface area contributed by atoms with Gasteiger partial charge >= 0.3 is 6.09 Å². The summed E-state index contributed by atoms with van der Waals surface area (Å²) in [5, 5.41) is 3.51. The first-order valence-electron chi connectivity index (χ1n) is 7.91. The summed E-state index contributed by atoms with van der Waals surface area (Å²) in [7, 11) is 0. The van der Waals surface area contributed by atoms with Gasteiger partial charge in [0.2, 0.25) is 0 Å². The standard InChI is InChI=1S/C16H32N2O2/c1-12(2)13(3)10-17-11-14-8-7-9-18(14)15(19)20-16(4,5)6/h12-14,17H,7-11H2,1-6H3. The molecule has 0 aromatic heterocycles. The first-order chi connectivity index (χ1) is 9.20. The zero-order chi connectivity index (χ0) is 15.3. The molecule has 0 aromatic carbocycles. The number of hydrogen-bond donors (Lipinski definition) is 1. The highest BCUT2D eigenvalue weighted by molar-refractivity contribution is 5.69. The Morgan fingerprint density at radius 2 is 2.00 bits per heavy atom. The number of nitrogens with one attached hydrogen (secondary N) is 1. The summed E-state index contributed by atoms with van der Waals surface area (Å²) >= 11 is 0. The van der Waals surface area contributed by atoms with Crippen LogP contribution in [0, 0.1) is 11.8 Å². The molecule has 0 spiro atoms. The third-order valence-corrected chi connectivity index (χ3v) is 3.99. The molecule has 0 saturated carbocycles. The summed E-state index contributed by atoms with van der Waals surface area (Å²) in [6.45, 7) is 15.2. The average molecular weight is 284 g/mol. The molecule has 1 N–H and O–H groups in total. The largest absolute Gasteiger partial charge is 0.444 e. The normalized spacial score (nSPS) is 21.4. The van der Waals surface area contributed by atoms with Crippen molar-refractivity contribution in [3.8, 4) is 0 Å². The minimum absolute atomic E-state index is 0.168. The van der Waals surface area contributed by atoms with E-state index in [1.807, 2.05) is 25.7 Å². The molecule has 1 amide bonds. The molecule has 4 heteroatoms. The Bertz CT molecular complexity index is 310. The monoisotopic (exact) mass is 284 g/mol. The van der Waals surface area contributed by atoms with Crippen LogP contribution >= 0.6 is 0 Å². The summed E-state index contributed by atoms with van der Waals surface area (Å²) in [5.74, 6) is 1.35. The van der Waals surface area contributed by atoms with E-state index in [-0.39, 0.29) is 12.1 Å². The molecular weight excluding hydrogens is 252 g/mol. The van der Waals surface area contributed by atoms with Crippen molar-refractivity contribution in [1.29, 1.82) is 0 Å². The SMILES string of the molecule is CC(C)C(C)CNCC1CCCN1C(=O)OC(C)(C)C. The molecule has 1 rings (SSSR count). The number of carbonyl (C=O) groups is 1. The zero-order valence-corrected chi connectivity index (χ0v) is 14.0. The van der Waals surface area contributed by atoms with E-state index in [1.54, 1.807) is 0 Å². The van der Waals surface area contributed by atoms with Crippen LogP contribution in [0.25, 0.3) is 0 Å². The molecule has 1 fully saturated rings. The molecule has 0 bridgehead atoms. The molecule has 0 radical (unpaired) electrons. The second kappa shape index (κ2) is 7.30. The molecular formula is C16H32N2O2. The zero-order valence-electron chi connectivity index (χ0n) is 14.0. The third-order valence-electron chi connectivity index (χ3n) is 3.99. The van der Waals surface area contributed by atoms with Gasteiger partial charge in [0, 0.05) is 19.1 Å². The van der Waals surface area contributed by atoms with E-state index in [4.69, 9.17) is 4.74 Å². The van der Waals surface area contributed by atoms with Gasteiger partial charge in [-0.05, 0) is 52.0 Å². The van der Waals surface area contributed by atoms with E-state index in [0.717, 1.165) is 32.5 Å². The average Bonchev–Trinajstić information content (AvgIpc) is 2.74. The predicted molar refractivity (Wildman–Crippen MR) is 82.8 cm³/mol. The van der Waals surface area contributed by atoms with E-state index >= 15 is 0 Å². The minimum atomic E-state index is -0.413. The number of ether oxygens (including phenoxy) is 1. The van der Waals surface area contributed by atoms with Crippen LogP contribution in [0.4, 0.5) is 4.79 Å². The number of rotatable bonds is 5. The quantitative estimate of drug-likeness (QED) is 0.842. The fraction of sp³-hybridized carbons (Fsp3) is 0.938. The van der Waals surface area contributed by atoms with Crippen molar-refractivity contribution in [2.24, 2.45) is 11.8 Å². The Hall–Kier alpha value is -0.770. The second-order valence-corrected chi connectivity index (χ2v) is 7.35. The lowest BCUT2D eigenvalue weighted by Crippen LogP contribution is -2.44. The Morgan fingerprint density at radius 3 is 2.55 bits per heavy atom. The maximum absolute atomic E-state index is 12.2. The van der Waals surface area contributed by atoms with Crippen molar-refractivity contribution in [2.75, 3.05) is 19.6 Å². The summed E-state index contributed by atoms with van der Waals surface area (Å²) in [6, 6.07) is 0.282. The van der Waals surface area contributed by atoms with Crippen LogP contribution in [0.3, 0.4) is 0 Å². The minimum Gasteiger partial charge on any atom is -0.444 e. The molecule has 118 valence electrons. The molecule has 1 aliphatic heterocycles. The van der Waals surface area contributed by atoms with Gasteiger partial charge in [0.05, 0.1) is 0 Å². The van der Waals surface area contributed by atoms with Crippen molar-refractivity contribution in [3.05, 3.63) is 0 Å². The molecule has 2 unspecified atom stereocenters. The third kappa shape index (κ3) is 5.70. The van der Waals surface area contributed by atoms with Gasteiger partial charge < -0.3 is 15.0 Å². The maximum atomic E-state index is 12.2. The van der Waals surface area contributed by atoms with Crippen molar-refractivity contribution in [2.45, 2.75) is 66.0 Å². The topological polar surface area (TPSA) is 41.6 Å². The molecule has 2 atom stereocenters. The van der Waals surface area contributed by atoms with Crippen LogP contribution in [0.5, 0.6) is 0 Å². The van der Waals surface area contributed by atoms with E-state index in [2.05, 4.69) is 26.1 Å². The lowest BCUT2D eigenvalue weighted by atomic mass is 9.98. The molecule has 0 aromatic rings. The first kappa shape index (κ1) is 17.3. The van der Waals surface area contributed by atoms with E-state index in [0.29, 0.717) is 11.8 Å².